The van der Waals surface area contributed by atoms with Gasteiger partial charge in [-0.1, -0.05) is 6.07 Å². The van der Waals surface area contributed by atoms with Crippen molar-refractivity contribution >= 4 is 12.0 Å². The van der Waals surface area contributed by atoms with Gasteiger partial charge >= 0.3 is 0 Å². The normalized spacial score (nSPS) is 10.3. The number of guanidine groups is 1. The standard InChI is InChI=1S/C9H11N3O2/c10-9(11)12-4-3-6-1-2-7(13)8(14)5-6/h1-5,13-14H,(H4,10,11,12)/b4-3+. The molecule has 14 heavy (non-hydrogen) atoms. The van der Waals surface area contributed by atoms with E-state index >= 15 is 0 Å². The van der Waals surface area contributed by atoms with Crippen LogP contribution >= 0.6 is 0 Å². The fraction of sp³-hybridized carbons (Fsp3) is 0. The second-order valence-corrected chi connectivity index (χ2v) is 2.64. The van der Waals surface area contributed by atoms with Gasteiger partial charge in [-0.3, -0.25) is 5.41 Å². The number of phenolic OH excluding ortho intramolecular Hbond substituents is 2. The van der Waals surface area contributed by atoms with Crippen molar-refractivity contribution in [2.24, 2.45) is 5.73 Å². The molecule has 0 heterocycles. The summed E-state index contributed by atoms with van der Waals surface area (Å²) < 4.78 is 0. The summed E-state index contributed by atoms with van der Waals surface area (Å²) in [6, 6.07) is 4.39. The number of hydrogen-bond donors (Lipinski definition) is 5. The summed E-state index contributed by atoms with van der Waals surface area (Å²) in [6.07, 6.45) is 3.08. The third-order valence-electron chi connectivity index (χ3n) is 1.51. The molecule has 0 amide bonds. The van der Waals surface area contributed by atoms with E-state index in [0.29, 0.717) is 5.56 Å². The lowest BCUT2D eigenvalue weighted by molar-refractivity contribution is 0.403. The Kier molecular flexibility index (Phi) is 2.96. The Balaban J connectivity index is 2.73. The zero-order valence-electron chi connectivity index (χ0n) is 7.36. The highest BCUT2D eigenvalue weighted by Crippen LogP contribution is 2.25. The lowest BCUT2D eigenvalue weighted by Gasteiger charge is -1.99. The van der Waals surface area contributed by atoms with Crippen molar-refractivity contribution in [1.29, 1.82) is 5.41 Å². The topological polar surface area (TPSA) is 102 Å². The molecule has 0 aliphatic heterocycles. The van der Waals surface area contributed by atoms with Crippen LogP contribution in [0.4, 0.5) is 0 Å². The quantitative estimate of drug-likeness (QED) is 0.269. The highest BCUT2D eigenvalue weighted by atomic mass is 16.3. The van der Waals surface area contributed by atoms with Crippen LogP contribution in [-0.4, -0.2) is 16.2 Å². The van der Waals surface area contributed by atoms with E-state index in [4.69, 9.17) is 21.4 Å². The molecule has 0 bridgehead atoms. The summed E-state index contributed by atoms with van der Waals surface area (Å²) in [5.41, 5.74) is 5.73. The number of nitrogens with one attached hydrogen (secondary N) is 2. The summed E-state index contributed by atoms with van der Waals surface area (Å²) in [5, 5.41) is 27.5. The Morgan fingerprint density at radius 3 is 2.64 bits per heavy atom. The zero-order chi connectivity index (χ0) is 10.6. The van der Waals surface area contributed by atoms with E-state index in [-0.39, 0.29) is 17.5 Å². The Morgan fingerprint density at radius 2 is 2.07 bits per heavy atom. The first-order chi connectivity index (χ1) is 6.59. The second-order valence-electron chi connectivity index (χ2n) is 2.64. The van der Waals surface area contributed by atoms with Gasteiger partial charge in [-0.25, -0.2) is 0 Å². The molecule has 1 rings (SSSR count). The number of rotatable bonds is 2. The van der Waals surface area contributed by atoms with Crippen molar-refractivity contribution in [2.75, 3.05) is 0 Å². The molecule has 1 aromatic carbocycles. The SMILES string of the molecule is N=C(N)N/C=C/c1ccc(O)c(O)c1. The molecule has 0 atom stereocenters. The van der Waals surface area contributed by atoms with Gasteiger partial charge in [0, 0.05) is 6.20 Å². The highest BCUT2D eigenvalue weighted by Gasteiger charge is 1.97. The van der Waals surface area contributed by atoms with Crippen molar-refractivity contribution in [3.63, 3.8) is 0 Å². The molecule has 0 saturated heterocycles. The summed E-state index contributed by atoms with van der Waals surface area (Å²) in [5.74, 6) is -0.513. The minimum atomic E-state index is -0.185. The predicted molar refractivity (Wildman–Crippen MR) is 53.9 cm³/mol. The second kappa shape index (κ2) is 4.18. The summed E-state index contributed by atoms with van der Waals surface area (Å²) in [6.45, 7) is 0. The molecule has 1 aromatic rings. The molecule has 0 spiro atoms. The number of hydrogen-bond acceptors (Lipinski definition) is 3. The molecule has 6 N–H and O–H groups in total. The van der Waals surface area contributed by atoms with Crippen molar-refractivity contribution in [3.05, 3.63) is 30.0 Å². The van der Waals surface area contributed by atoms with Crippen LogP contribution in [-0.2, 0) is 0 Å². The van der Waals surface area contributed by atoms with Crippen LogP contribution in [0.2, 0.25) is 0 Å². The zero-order valence-corrected chi connectivity index (χ0v) is 7.36. The molecule has 0 aromatic heterocycles. The van der Waals surface area contributed by atoms with E-state index in [0.717, 1.165) is 0 Å². The van der Waals surface area contributed by atoms with E-state index < -0.39 is 0 Å². The van der Waals surface area contributed by atoms with E-state index in [1.54, 1.807) is 12.1 Å². The third kappa shape index (κ3) is 2.71. The first-order valence-electron chi connectivity index (χ1n) is 3.88. The van der Waals surface area contributed by atoms with Crippen LogP contribution in [0.25, 0.3) is 6.08 Å². The van der Waals surface area contributed by atoms with Crippen LogP contribution in [0.3, 0.4) is 0 Å². The minimum Gasteiger partial charge on any atom is -0.504 e. The van der Waals surface area contributed by atoms with Gasteiger partial charge in [0.15, 0.2) is 17.5 Å². The van der Waals surface area contributed by atoms with Gasteiger partial charge in [0.05, 0.1) is 0 Å². The fourth-order valence-electron chi connectivity index (χ4n) is 0.872. The highest BCUT2D eigenvalue weighted by molar-refractivity contribution is 5.76. The van der Waals surface area contributed by atoms with E-state index in [1.165, 1.54) is 18.3 Å². The largest absolute Gasteiger partial charge is 0.504 e. The van der Waals surface area contributed by atoms with Gasteiger partial charge in [0.2, 0.25) is 0 Å². The van der Waals surface area contributed by atoms with Crippen LogP contribution in [0.5, 0.6) is 11.5 Å². The fourth-order valence-corrected chi connectivity index (χ4v) is 0.872. The Morgan fingerprint density at radius 1 is 1.36 bits per heavy atom. The molecule has 5 heteroatoms. The van der Waals surface area contributed by atoms with E-state index in [9.17, 15) is 0 Å². The summed E-state index contributed by atoms with van der Waals surface area (Å²) >= 11 is 0. The van der Waals surface area contributed by atoms with E-state index in [1.807, 2.05) is 0 Å². The van der Waals surface area contributed by atoms with Gasteiger partial charge < -0.3 is 21.3 Å². The lowest BCUT2D eigenvalue weighted by atomic mass is 10.2. The van der Waals surface area contributed by atoms with Crippen LogP contribution in [0.1, 0.15) is 5.56 Å². The van der Waals surface area contributed by atoms with Gasteiger partial charge in [0.25, 0.3) is 0 Å². The van der Waals surface area contributed by atoms with Crippen molar-refractivity contribution in [1.82, 2.24) is 5.32 Å². The lowest BCUT2D eigenvalue weighted by Crippen LogP contribution is -2.24. The van der Waals surface area contributed by atoms with Crippen molar-refractivity contribution < 1.29 is 10.2 Å². The van der Waals surface area contributed by atoms with Gasteiger partial charge in [-0.15, -0.1) is 0 Å². The smallest absolute Gasteiger partial charge is 0.189 e. The summed E-state index contributed by atoms with van der Waals surface area (Å²) in [7, 11) is 0. The monoisotopic (exact) mass is 193 g/mol. The van der Waals surface area contributed by atoms with Gasteiger partial charge in [-0.2, -0.15) is 0 Å². The van der Waals surface area contributed by atoms with E-state index in [2.05, 4.69) is 5.32 Å². The van der Waals surface area contributed by atoms with Gasteiger partial charge in [-0.05, 0) is 23.8 Å². The maximum atomic E-state index is 9.14. The first-order valence-corrected chi connectivity index (χ1v) is 3.88. The maximum Gasteiger partial charge on any atom is 0.189 e. The molecule has 0 aliphatic rings. The number of aromatic hydroxyl groups is 2. The average Bonchev–Trinajstić information content (AvgIpc) is 2.10. The number of phenols is 2. The maximum absolute atomic E-state index is 9.14. The molecule has 0 aliphatic carbocycles. The molecule has 0 fully saturated rings. The van der Waals surface area contributed by atoms with Crippen LogP contribution in [0, 0.1) is 5.41 Å². The van der Waals surface area contributed by atoms with Crippen LogP contribution in [0.15, 0.2) is 24.4 Å². The Labute approximate surface area is 81.0 Å². The van der Waals surface area contributed by atoms with Gasteiger partial charge in [0.1, 0.15) is 0 Å². The molecule has 74 valence electrons. The molecular weight excluding hydrogens is 182 g/mol. The number of benzene rings is 1. The molecule has 0 unspecified atom stereocenters. The molecule has 0 radical (unpaired) electrons. The predicted octanol–water partition coefficient (Wildman–Crippen LogP) is 0.552. The van der Waals surface area contributed by atoms with Crippen molar-refractivity contribution in [3.8, 4) is 11.5 Å². The molecule has 5 nitrogen and oxygen atoms in total. The van der Waals surface area contributed by atoms with Crippen LogP contribution < -0.4 is 11.1 Å². The van der Waals surface area contributed by atoms with Crippen molar-refractivity contribution in [2.45, 2.75) is 0 Å². The first kappa shape index (κ1) is 9.91. The summed E-state index contributed by atoms with van der Waals surface area (Å²) in [4.78, 5) is 0. The Hall–Kier alpha value is -2.17. The minimum absolute atomic E-state index is 0.163. The molecule has 0 saturated carbocycles. The Bertz CT molecular complexity index is 374. The third-order valence-corrected chi connectivity index (χ3v) is 1.51. The number of nitrogens with two attached hydrogens (primary N) is 1. The molecular formula is C9H11N3O2. The average molecular weight is 193 g/mol.